The highest BCUT2D eigenvalue weighted by atomic mass is 19.4. The lowest BCUT2D eigenvalue weighted by Crippen LogP contribution is -2.31. The maximum absolute atomic E-state index is 13.4. The summed E-state index contributed by atoms with van der Waals surface area (Å²) in [4.78, 5) is 26.1. The molecule has 4 nitrogen and oxygen atoms in total. The van der Waals surface area contributed by atoms with Gasteiger partial charge in [-0.3, -0.25) is 4.79 Å². The average molecular weight is 427 g/mol. The number of anilines is 1. The van der Waals surface area contributed by atoms with Crippen LogP contribution in [0, 0.1) is 0 Å². The lowest BCUT2D eigenvalue weighted by Gasteiger charge is -2.26. The number of alkyl halides is 3. The quantitative estimate of drug-likeness (QED) is 0.540. The van der Waals surface area contributed by atoms with E-state index in [9.17, 15) is 27.9 Å². The van der Waals surface area contributed by atoms with Gasteiger partial charge in [0.25, 0.3) is 5.91 Å². The summed E-state index contributed by atoms with van der Waals surface area (Å²) in [5, 5.41) is 9.25. The molecule has 0 saturated heterocycles. The number of carboxylic acids is 1. The number of aromatic carboxylic acids is 1. The average Bonchev–Trinajstić information content (AvgIpc) is 2.76. The molecule has 0 unspecified atom stereocenters. The Morgan fingerprint density at radius 1 is 0.903 bits per heavy atom. The van der Waals surface area contributed by atoms with Crippen molar-refractivity contribution in [2.24, 2.45) is 0 Å². The second kappa shape index (κ2) is 9.04. The van der Waals surface area contributed by atoms with Gasteiger partial charge in [-0.05, 0) is 53.9 Å². The zero-order valence-electron chi connectivity index (χ0n) is 16.7. The molecule has 0 atom stereocenters. The number of carbonyl (C=O) groups is 2. The van der Waals surface area contributed by atoms with E-state index in [0.717, 1.165) is 17.7 Å². The van der Waals surface area contributed by atoms with Crippen LogP contribution in [0.15, 0.2) is 72.8 Å². The van der Waals surface area contributed by atoms with Crippen LogP contribution in [0.25, 0.3) is 0 Å². The van der Waals surface area contributed by atoms with Crippen molar-refractivity contribution in [3.05, 3.63) is 101 Å². The molecule has 0 spiro atoms. The van der Waals surface area contributed by atoms with Gasteiger partial charge in [0, 0.05) is 11.3 Å². The van der Waals surface area contributed by atoms with Crippen LogP contribution in [0.3, 0.4) is 0 Å². The summed E-state index contributed by atoms with van der Waals surface area (Å²) in [5.74, 6) is -1.71. The van der Waals surface area contributed by atoms with Gasteiger partial charge in [-0.15, -0.1) is 0 Å². The molecule has 3 rings (SSSR count). The van der Waals surface area contributed by atoms with Gasteiger partial charge in [-0.1, -0.05) is 43.3 Å². The normalized spacial score (nSPS) is 11.2. The van der Waals surface area contributed by atoms with E-state index >= 15 is 0 Å². The largest absolute Gasteiger partial charge is 0.478 e. The monoisotopic (exact) mass is 427 g/mol. The number of rotatable bonds is 6. The number of carboxylic acid groups (broad SMARTS) is 1. The van der Waals surface area contributed by atoms with E-state index in [4.69, 9.17) is 0 Å². The molecule has 0 aromatic heterocycles. The molecule has 0 bridgehead atoms. The summed E-state index contributed by atoms with van der Waals surface area (Å²) >= 11 is 0. The van der Waals surface area contributed by atoms with Gasteiger partial charge < -0.3 is 10.0 Å². The maximum atomic E-state index is 13.4. The van der Waals surface area contributed by atoms with Gasteiger partial charge in [-0.2, -0.15) is 13.2 Å². The Balaban J connectivity index is 2.07. The van der Waals surface area contributed by atoms with Gasteiger partial charge in [-0.25, -0.2) is 4.79 Å². The fraction of sp³-hybridized carbons (Fsp3) is 0.167. The molecule has 0 saturated carbocycles. The number of aryl methyl sites for hydroxylation is 1. The van der Waals surface area contributed by atoms with Gasteiger partial charge in [0.05, 0.1) is 17.7 Å². The first-order valence-electron chi connectivity index (χ1n) is 9.60. The molecule has 0 heterocycles. The molecule has 0 aliphatic rings. The first kappa shape index (κ1) is 22.1. The van der Waals surface area contributed by atoms with Crippen LogP contribution in [0.5, 0.6) is 0 Å². The van der Waals surface area contributed by atoms with E-state index in [2.05, 4.69) is 0 Å². The van der Waals surface area contributed by atoms with E-state index < -0.39 is 23.6 Å². The first-order valence-corrected chi connectivity index (χ1v) is 9.60. The van der Waals surface area contributed by atoms with Crippen LogP contribution in [-0.2, 0) is 19.1 Å². The van der Waals surface area contributed by atoms with Gasteiger partial charge in [0.2, 0.25) is 0 Å². The third-order valence-electron chi connectivity index (χ3n) is 4.86. The van der Waals surface area contributed by atoms with E-state index in [1.165, 1.54) is 29.2 Å². The highest BCUT2D eigenvalue weighted by Gasteiger charge is 2.31. The second-order valence-corrected chi connectivity index (χ2v) is 6.96. The molecule has 0 radical (unpaired) electrons. The van der Waals surface area contributed by atoms with Crippen LogP contribution in [0.1, 0.15) is 44.3 Å². The van der Waals surface area contributed by atoms with Crippen LogP contribution < -0.4 is 4.90 Å². The van der Waals surface area contributed by atoms with E-state index in [1.54, 1.807) is 24.3 Å². The van der Waals surface area contributed by atoms with Crippen LogP contribution in [0.2, 0.25) is 0 Å². The number of carbonyl (C=O) groups excluding carboxylic acids is 1. The zero-order valence-corrected chi connectivity index (χ0v) is 16.7. The summed E-state index contributed by atoms with van der Waals surface area (Å²) in [6.07, 6.45) is -3.96. The van der Waals surface area contributed by atoms with Gasteiger partial charge in [0.1, 0.15) is 0 Å². The molecule has 0 aliphatic carbocycles. The zero-order chi connectivity index (χ0) is 22.6. The lowest BCUT2D eigenvalue weighted by molar-refractivity contribution is -0.137. The number of benzene rings is 3. The summed E-state index contributed by atoms with van der Waals surface area (Å²) in [5.41, 5.74) is 1.01. The number of para-hydroxylation sites is 1. The lowest BCUT2D eigenvalue weighted by atomic mass is 10.0. The van der Waals surface area contributed by atoms with Gasteiger partial charge in [0.15, 0.2) is 0 Å². The SMILES string of the molecule is CCc1ccccc1N(Cc1cccc(C(=O)O)c1)C(=O)c1cccc(C(F)(F)F)c1. The van der Waals surface area contributed by atoms with Crippen molar-refractivity contribution in [1.82, 2.24) is 0 Å². The van der Waals surface area contributed by atoms with Crippen molar-refractivity contribution in [3.8, 4) is 0 Å². The Morgan fingerprint density at radius 3 is 2.26 bits per heavy atom. The van der Waals surface area contributed by atoms with Crippen LogP contribution in [0.4, 0.5) is 18.9 Å². The Kier molecular flexibility index (Phi) is 6.44. The Hall–Kier alpha value is -3.61. The maximum Gasteiger partial charge on any atom is 0.416 e. The minimum Gasteiger partial charge on any atom is -0.478 e. The first-order chi connectivity index (χ1) is 14.7. The van der Waals surface area contributed by atoms with E-state index in [1.807, 2.05) is 19.1 Å². The minimum absolute atomic E-state index is 0.00715. The number of hydrogen-bond donors (Lipinski definition) is 1. The van der Waals surface area contributed by atoms with Crippen LogP contribution >= 0.6 is 0 Å². The van der Waals surface area contributed by atoms with Crippen molar-refractivity contribution in [3.63, 3.8) is 0 Å². The van der Waals surface area contributed by atoms with Gasteiger partial charge >= 0.3 is 12.1 Å². The van der Waals surface area contributed by atoms with Crippen molar-refractivity contribution in [1.29, 1.82) is 0 Å². The number of nitrogens with zero attached hydrogens (tertiary/aromatic N) is 1. The highest BCUT2D eigenvalue weighted by Crippen LogP contribution is 2.31. The molecular formula is C24H20F3NO3. The van der Waals surface area contributed by atoms with Crippen molar-refractivity contribution < 1.29 is 27.9 Å². The predicted molar refractivity (Wildman–Crippen MR) is 111 cm³/mol. The van der Waals surface area contributed by atoms with E-state index in [-0.39, 0.29) is 17.7 Å². The fourth-order valence-corrected chi connectivity index (χ4v) is 3.31. The molecular weight excluding hydrogens is 407 g/mol. The molecule has 31 heavy (non-hydrogen) atoms. The fourth-order valence-electron chi connectivity index (χ4n) is 3.31. The molecule has 0 aliphatic heterocycles. The summed E-state index contributed by atoms with van der Waals surface area (Å²) in [6, 6.07) is 17.5. The third-order valence-corrected chi connectivity index (χ3v) is 4.86. The molecule has 0 fully saturated rings. The molecule has 1 amide bonds. The number of hydrogen-bond acceptors (Lipinski definition) is 2. The summed E-state index contributed by atoms with van der Waals surface area (Å²) < 4.78 is 39.5. The number of halogens is 3. The number of amides is 1. The third kappa shape index (κ3) is 5.12. The Labute approximate surface area is 177 Å². The summed E-state index contributed by atoms with van der Waals surface area (Å²) in [6.45, 7) is 1.92. The molecule has 3 aromatic rings. The molecule has 1 N–H and O–H groups in total. The second-order valence-electron chi connectivity index (χ2n) is 6.96. The topological polar surface area (TPSA) is 57.6 Å². The smallest absolute Gasteiger partial charge is 0.416 e. The molecule has 7 heteroatoms. The van der Waals surface area contributed by atoms with Crippen molar-refractivity contribution in [2.45, 2.75) is 26.1 Å². The predicted octanol–water partition coefficient (Wildman–Crippen LogP) is 5.81. The standard InChI is InChI=1S/C24H20F3NO3/c1-2-17-8-3-4-12-21(17)28(15-16-7-5-10-19(13-16)23(30)31)22(29)18-9-6-11-20(14-18)24(25,26)27/h3-14H,2,15H2,1H3,(H,30,31). The van der Waals surface area contributed by atoms with E-state index in [0.29, 0.717) is 17.7 Å². The van der Waals surface area contributed by atoms with Crippen LogP contribution in [-0.4, -0.2) is 17.0 Å². The summed E-state index contributed by atoms with van der Waals surface area (Å²) in [7, 11) is 0. The Morgan fingerprint density at radius 2 is 1.58 bits per heavy atom. The Bertz CT molecular complexity index is 1110. The minimum atomic E-state index is -4.57. The molecule has 3 aromatic carbocycles. The highest BCUT2D eigenvalue weighted by molar-refractivity contribution is 6.06. The van der Waals surface area contributed by atoms with Crippen molar-refractivity contribution >= 4 is 17.6 Å². The molecule has 160 valence electrons. The van der Waals surface area contributed by atoms with Crippen molar-refractivity contribution in [2.75, 3.05) is 4.90 Å².